The predicted molar refractivity (Wildman–Crippen MR) is 142 cm³/mol. The van der Waals surface area contributed by atoms with Gasteiger partial charge in [0.15, 0.2) is 11.7 Å². The van der Waals surface area contributed by atoms with Crippen molar-refractivity contribution >= 4 is 34.7 Å². The molecule has 2 aromatic carbocycles. The highest BCUT2D eigenvalue weighted by Crippen LogP contribution is 2.40. The van der Waals surface area contributed by atoms with Crippen LogP contribution in [0, 0.1) is 6.92 Å². The zero-order valence-electron chi connectivity index (χ0n) is 20.4. The van der Waals surface area contributed by atoms with Crippen LogP contribution in [0.2, 0.25) is 0 Å². The van der Waals surface area contributed by atoms with Crippen molar-refractivity contribution in [1.29, 1.82) is 0 Å². The SMILES string of the molecule is CCOC(=O)COc1ccc2c(c1)/C(=N\NC(=S)Nc1ccccc1C)C[C@](C)(c1cccnc1)O2. The van der Waals surface area contributed by atoms with Crippen molar-refractivity contribution in [3.63, 3.8) is 0 Å². The zero-order valence-corrected chi connectivity index (χ0v) is 21.2. The van der Waals surface area contributed by atoms with Gasteiger partial charge in [0.05, 0.1) is 12.3 Å². The van der Waals surface area contributed by atoms with Gasteiger partial charge in [-0.15, -0.1) is 0 Å². The Hall–Kier alpha value is -3.98. The lowest BCUT2D eigenvalue weighted by Gasteiger charge is -2.36. The molecule has 0 unspecified atom stereocenters. The number of carbonyl (C=O) groups excluding carboxylic acids is 1. The highest BCUT2D eigenvalue weighted by Gasteiger charge is 2.37. The van der Waals surface area contributed by atoms with Crippen LogP contribution in [0.5, 0.6) is 11.5 Å². The fourth-order valence-corrected chi connectivity index (χ4v) is 4.03. The smallest absolute Gasteiger partial charge is 0.344 e. The number of rotatable bonds is 7. The highest BCUT2D eigenvalue weighted by molar-refractivity contribution is 7.80. The van der Waals surface area contributed by atoms with Gasteiger partial charge in [-0.3, -0.25) is 10.4 Å². The van der Waals surface area contributed by atoms with Crippen molar-refractivity contribution in [3.8, 4) is 11.5 Å². The Kier molecular flexibility index (Phi) is 7.80. The van der Waals surface area contributed by atoms with Gasteiger partial charge in [0.1, 0.15) is 17.1 Å². The molecule has 0 spiro atoms. The molecule has 1 aliphatic rings. The van der Waals surface area contributed by atoms with Gasteiger partial charge in [0, 0.05) is 35.6 Å². The maximum atomic E-state index is 11.7. The van der Waals surface area contributed by atoms with Gasteiger partial charge in [-0.25, -0.2) is 4.79 Å². The molecule has 0 bridgehead atoms. The fraction of sp³-hybridized carbons (Fsp3) is 0.259. The summed E-state index contributed by atoms with van der Waals surface area (Å²) in [5, 5.41) is 8.19. The fourth-order valence-electron chi connectivity index (χ4n) is 3.87. The number of ether oxygens (including phenoxy) is 3. The maximum absolute atomic E-state index is 11.7. The number of aromatic nitrogens is 1. The van der Waals surface area contributed by atoms with E-state index < -0.39 is 11.6 Å². The number of carbonyl (C=O) groups is 1. The first-order valence-electron chi connectivity index (χ1n) is 11.6. The molecule has 1 atom stereocenters. The van der Waals surface area contributed by atoms with Gasteiger partial charge in [0.25, 0.3) is 0 Å². The van der Waals surface area contributed by atoms with Gasteiger partial charge in [-0.1, -0.05) is 24.3 Å². The summed E-state index contributed by atoms with van der Waals surface area (Å²) in [6, 6.07) is 17.1. The number of hydrogen-bond acceptors (Lipinski definition) is 7. The third kappa shape index (κ3) is 5.98. The molecule has 0 saturated heterocycles. The Morgan fingerprint density at radius 2 is 2.06 bits per heavy atom. The first-order valence-corrected chi connectivity index (χ1v) is 12.0. The first-order chi connectivity index (χ1) is 17.4. The minimum Gasteiger partial charge on any atom is -0.482 e. The van der Waals surface area contributed by atoms with E-state index in [4.69, 9.17) is 26.4 Å². The van der Waals surface area contributed by atoms with E-state index in [0.29, 0.717) is 29.6 Å². The third-order valence-corrected chi connectivity index (χ3v) is 5.92. The zero-order chi connectivity index (χ0) is 25.5. The van der Waals surface area contributed by atoms with Crippen LogP contribution in [0.15, 0.2) is 72.1 Å². The van der Waals surface area contributed by atoms with Crippen LogP contribution in [-0.2, 0) is 15.1 Å². The number of fused-ring (bicyclic) bond motifs is 1. The molecule has 0 amide bonds. The number of hydrogen-bond donors (Lipinski definition) is 2. The molecule has 0 saturated carbocycles. The van der Waals surface area contributed by atoms with Crippen molar-refractivity contribution < 1.29 is 19.0 Å². The summed E-state index contributed by atoms with van der Waals surface area (Å²) in [4.78, 5) is 16.0. The average Bonchev–Trinajstić information content (AvgIpc) is 2.88. The number of nitrogens with zero attached hydrogens (tertiary/aromatic N) is 2. The van der Waals surface area contributed by atoms with Crippen LogP contribution in [0.25, 0.3) is 0 Å². The minimum atomic E-state index is -0.694. The summed E-state index contributed by atoms with van der Waals surface area (Å²) < 4.78 is 17.0. The normalized spacial score (nSPS) is 17.5. The van der Waals surface area contributed by atoms with Crippen LogP contribution in [0.1, 0.15) is 37.0 Å². The van der Waals surface area contributed by atoms with Crippen molar-refractivity contribution in [2.45, 2.75) is 32.8 Å². The van der Waals surface area contributed by atoms with Gasteiger partial charge in [-0.05, 0) is 68.9 Å². The van der Waals surface area contributed by atoms with Gasteiger partial charge in [-0.2, -0.15) is 5.10 Å². The molecule has 1 aliphatic heterocycles. The van der Waals surface area contributed by atoms with E-state index in [1.165, 1.54) is 0 Å². The summed E-state index contributed by atoms with van der Waals surface area (Å²) >= 11 is 5.49. The van der Waals surface area contributed by atoms with E-state index in [9.17, 15) is 4.79 Å². The number of esters is 1. The molecule has 36 heavy (non-hydrogen) atoms. The molecule has 0 radical (unpaired) electrons. The predicted octanol–water partition coefficient (Wildman–Crippen LogP) is 4.72. The lowest BCUT2D eigenvalue weighted by atomic mass is 9.86. The lowest BCUT2D eigenvalue weighted by molar-refractivity contribution is -0.145. The number of thiocarbonyl (C=S) groups is 1. The topological polar surface area (TPSA) is 94.1 Å². The second kappa shape index (κ2) is 11.2. The second-order valence-electron chi connectivity index (χ2n) is 8.44. The van der Waals surface area contributed by atoms with Crippen LogP contribution < -0.4 is 20.2 Å². The quantitative estimate of drug-likeness (QED) is 0.271. The molecule has 2 heterocycles. The summed E-state index contributed by atoms with van der Waals surface area (Å²) in [7, 11) is 0. The largest absolute Gasteiger partial charge is 0.482 e. The van der Waals surface area contributed by atoms with Gasteiger partial charge < -0.3 is 19.5 Å². The van der Waals surface area contributed by atoms with Crippen molar-refractivity contribution in [1.82, 2.24) is 10.4 Å². The van der Waals surface area contributed by atoms with E-state index >= 15 is 0 Å². The molecule has 2 N–H and O–H groups in total. The summed E-state index contributed by atoms with van der Waals surface area (Å²) in [5.41, 5.74) is 6.62. The molecule has 186 valence electrons. The maximum Gasteiger partial charge on any atom is 0.344 e. The van der Waals surface area contributed by atoms with E-state index in [-0.39, 0.29) is 6.61 Å². The first kappa shape index (κ1) is 25.1. The standard InChI is InChI=1S/C27H28N4O4S/c1-4-33-25(32)17-34-20-11-12-24-21(14-20)23(15-27(3,35-24)19-9-7-13-28-16-19)30-31-26(36)29-22-10-6-5-8-18(22)2/h5-14,16H,4,15,17H2,1-3H3,(H2,29,31,36)/b30-23-/t27-/m1/s1. The lowest BCUT2D eigenvalue weighted by Crippen LogP contribution is -2.38. The Morgan fingerprint density at radius 3 is 2.81 bits per heavy atom. The van der Waals surface area contributed by atoms with Crippen LogP contribution in [0.3, 0.4) is 0 Å². The molecular formula is C27H28N4O4S. The molecule has 0 fully saturated rings. The van der Waals surface area contributed by atoms with Crippen LogP contribution >= 0.6 is 12.2 Å². The molecule has 8 nitrogen and oxygen atoms in total. The van der Waals surface area contributed by atoms with Crippen molar-refractivity contribution in [3.05, 3.63) is 83.7 Å². The number of benzene rings is 2. The molecule has 0 aliphatic carbocycles. The number of anilines is 1. The molecular weight excluding hydrogens is 476 g/mol. The average molecular weight is 505 g/mol. The number of para-hydroxylation sites is 1. The summed E-state index contributed by atoms with van der Waals surface area (Å²) in [6.45, 7) is 5.86. The van der Waals surface area contributed by atoms with Crippen LogP contribution in [-0.4, -0.2) is 35.0 Å². The number of hydrazone groups is 1. The third-order valence-electron chi connectivity index (χ3n) is 5.72. The number of nitrogens with one attached hydrogen (secondary N) is 2. The minimum absolute atomic E-state index is 0.184. The monoisotopic (exact) mass is 504 g/mol. The van der Waals surface area contributed by atoms with Gasteiger partial charge >= 0.3 is 5.97 Å². The van der Waals surface area contributed by atoms with E-state index in [1.807, 2.05) is 56.3 Å². The highest BCUT2D eigenvalue weighted by atomic mass is 32.1. The Labute approximate surface area is 215 Å². The Bertz CT molecular complexity index is 1280. The Morgan fingerprint density at radius 1 is 1.22 bits per heavy atom. The van der Waals surface area contributed by atoms with Crippen LogP contribution in [0.4, 0.5) is 5.69 Å². The number of aryl methyl sites for hydroxylation is 1. The summed E-state index contributed by atoms with van der Waals surface area (Å²) in [6.07, 6.45) is 3.97. The molecule has 3 aromatic rings. The van der Waals surface area contributed by atoms with E-state index in [1.54, 1.807) is 31.5 Å². The molecule has 4 rings (SSSR count). The second-order valence-corrected chi connectivity index (χ2v) is 8.85. The van der Waals surface area contributed by atoms with Crippen molar-refractivity contribution in [2.24, 2.45) is 5.10 Å². The molecule has 9 heteroatoms. The van der Waals surface area contributed by atoms with E-state index in [2.05, 4.69) is 20.8 Å². The molecule has 1 aromatic heterocycles. The number of pyridine rings is 1. The van der Waals surface area contributed by atoms with E-state index in [0.717, 1.165) is 28.1 Å². The van der Waals surface area contributed by atoms with Gasteiger partial charge in [0.2, 0.25) is 0 Å². The Balaban J connectivity index is 1.61. The summed E-state index contributed by atoms with van der Waals surface area (Å²) in [5.74, 6) is 0.705. The van der Waals surface area contributed by atoms with Crippen molar-refractivity contribution in [2.75, 3.05) is 18.5 Å².